The average molecular weight is 493 g/mol. The molecule has 0 unspecified atom stereocenters. The molecule has 0 bridgehead atoms. The molecule has 4 aromatic carbocycles. The largest absolute Gasteiger partial charge is 0.321 e. The van der Waals surface area contributed by atoms with E-state index >= 15 is 0 Å². The van der Waals surface area contributed by atoms with Gasteiger partial charge in [0.1, 0.15) is 5.70 Å². The molecule has 0 aliphatic carbocycles. The molecule has 5 nitrogen and oxygen atoms in total. The Kier molecular flexibility index (Phi) is 8.46. The Hall–Kier alpha value is -4.42. The van der Waals surface area contributed by atoms with Gasteiger partial charge in [0, 0.05) is 21.7 Å². The van der Waals surface area contributed by atoms with Crippen LogP contribution in [0.5, 0.6) is 0 Å². The molecule has 6 heteroatoms. The third kappa shape index (κ3) is 7.04. The van der Waals surface area contributed by atoms with Crippen molar-refractivity contribution in [3.05, 3.63) is 138 Å². The summed E-state index contributed by atoms with van der Waals surface area (Å²) in [6, 6.07) is 34.4. The van der Waals surface area contributed by atoms with Crippen LogP contribution in [0.25, 0.3) is 6.08 Å². The first-order valence-corrected chi connectivity index (χ1v) is 12.3. The molecule has 178 valence electrons. The molecular weight excluding hydrogens is 468 g/mol. The molecule has 2 amide bonds. The van der Waals surface area contributed by atoms with Crippen LogP contribution in [0.15, 0.2) is 126 Å². The summed E-state index contributed by atoms with van der Waals surface area (Å²) in [5, 5.41) is 5.59. The van der Waals surface area contributed by atoms with Gasteiger partial charge in [0.25, 0.3) is 11.8 Å². The zero-order valence-corrected chi connectivity index (χ0v) is 20.2. The zero-order chi connectivity index (χ0) is 25.2. The van der Waals surface area contributed by atoms with Crippen LogP contribution in [-0.2, 0) is 4.79 Å². The van der Waals surface area contributed by atoms with Crippen molar-refractivity contribution in [3.8, 4) is 0 Å². The second-order valence-corrected chi connectivity index (χ2v) is 8.90. The molecule has 0 radical (unpaired) electrons. The van der Waals surface area contributed by atoms with Crippen molar-refractivity contribution in [3.63, 3.8) is 0 Å². The van der Waals surface area contributed by atoms with Crippen LogP contribution in [0.2, 0.25) is 0 Å². The number of nitrogens with one attached hydrogen (secondary N) is 2. The predicted octanol–water partition coefficient (Wildman–Crippen LogP) is 6.07. The highest BCUT2D eigenvalue weighted by molar-refractivity contribution is 8.00. The van der Waals surface area contributed by atoms with Gasteiger partial charge in [-0.25, -0.2) is 0 Å². The minimum absolute atomic E-state index is 0.0340. The minimum atomic E-state index is -0.453. The van der Waals surface area contributed by atoms with Gasteiger partial charge < -0.3 is 10.6 Å². The Labute approximate surface area is 214 Å². The summed E-state index contributed by atoms with van der Waals surface area (Å²) in [7, 11) is 0. The Morgan fingerprint density at radius 2 is 1.31 bits per heavy atom. The topological polar surface area (TPSA) is 75.3 Å². The number of thioether (sulfide) groups is 1. The van der Waals surface area contributed by atoms with Gasteiger partial charge in [-0.3, -0.25) is 14.4 Å². The summed E-state index contributed by atoms with van der Waals surface area (Å²) >= 11 is 1.40. The van der Waals surface area contributed by atoms with E-state index in [2.05, 4.69) is 10.6 Å². The molecule has 36 heavy (non-hydrogen) atoms. The quantitative estimate of drug-likeness (QED) is 0.169. The molecule has 0 heterocycles. The van der Waals surface area contributed by atoms with Crippen molar-refractivity contribution in [1.29, 1.82) is 0 Å². The van der Waals surface area contributed by atoms with Crippen molar-refractivity contribution in [1.82, 2.24) is 5.32 Å². The first kappa shape index (κ1) is 24.7. The smallest absolute Gasteiger partial charge is 0.272 e. The van der Waals surface area contributed by atoms with Gasteiger partial charge >= 0.3 is 0 Å². The number of anilines is 1. The molecule has 0 saturated carbocycles. The number of rotatable bonds is 9. The first-order chi connectivity index (χ1) is 17.6. The lowest BCUT2D eigenvalue weighted by atomic mass is 10.1. The van der Waals surface area contributed by atoms with Crippen LogP contribution in [-0.4, -0.2) is 23.4 Å². The molecule has 0 aromatic heterocycles. The van der Waals surface area contributed by atoms with Gasteiger partial charge in [0.05, 0.1) is 5.75 Å². The fourth-order valence-corrected chi connectivity index (χ4v) is 4.23. The third-order valence-electron chi connectivity index (χ3n) is 5.20. The first-order valence-electron chi connectivity index (χ1n) is 11.3. The summed E-state index contributed by atoms with van der Waals surface area (Å²) in [6.07, 6.45) is 1.63. The van der Waals surface area contributed by atoms with Gasteiger partial charge in [-0.1, -0.05) is 84.9 Å². The van der Waals surface area contributed by atoms with E-state index < -0.39 is 5.91 Å². The Morgan fingerprint density at radius 1 is 0.694 bits per heavy atom. The summed E-state index contributed by atoms with van der Waals surface area (Å²) in [6.45, 7) is 0. The van der Waals surface area contributed by atoms with Crippen LogP contribution in [0.4, 0.5) is 5.69 Å². The van der Waals surface area contributed by atoms with Crippen molar-refractivity contribution in [2.24, 2.45) is 0 Å². The van der Waals surface area contributed by atoms with Crippen LogP contribution in [0, 0.1) is 0 Å². The lowest BCUT2D eigenvalue weighted by molar-refractivity contribution is -0.113. The lowest BCUT2D eigenvalue weighted by Gasteiger charge is -2.12. The molecular formula is C30H24N2O3S. The molecule has 0 saturated heterocycles. The van der Waals surface area contributed by atoms with E-state index in [4.69, 9.17) is 0 Å². The predicted molar refractivity (Wildman–Crippen MR) is 145 cm³/mol. The molecule has 0 fully saturated rings. The van der Waals surface area contributed by atoms with Crippen molar-refractivity contribution >= 4 is 41.1 Å². The summed E-state index contributed by atoms with van der Waals surface area (Å²) < 4.78 is 0. The highest BCUT2D eigenvalue weighted by Gasteiger charge is 2.15. The highest BCUT2D eigenvalue weighted by atomic mass is 32.2. The molecule has 4 aromatic rings. The summed E-state index contributed by atoms with van der Waals surface area (Å²) in [4.78, 5) is 39.2. The maximum absolute atomic E-state index is 13.2. The van der Waals surface area contributed by atoms with E-state index in [9.17, 15) is 14.4 Å². The lowest BCUT2D eigenvalue weighted by Crippen LogP contribution is -2.30. The summed E-state index contributed by atoms with van der Waals surface area (Å²) in [5.74, 6) is -0.512. The van der Waals surface area contributed by atoms with Gasteiger partial charge in [-0.2, -0.15) is 0 Å². The van der Waals surface area contributed by atoms with E-state index in [-0.39, 0.29) is 23.1 Å². The molecule has 0 spiro atoms. The number of amides is 2. The van der Waals surface area contributed by atoms with Crippen LogP contribution in [0.1, 0.15) is 26.3 Å². The van der Waals surface area contributed by atoms with Gasteiger partial charge in [0.15, 0.2) is 5.78 Å². The molecule has 0 atom stereocenters. The number of Topliss-reactive ketones (excluding diaryl/α,β-unsaturated/α-hetero) is 1. The second kappa shape index (κ2) is 12.3. The molecule has 0 aliphatic rings. The minimum Gasteiger partial charge on any atom is -0.321 e. The SMILES string of the molecule is O=C(Nc1cccc(SCC(=O)c2ccccc2)c1)/C(=C/c1ccccc1)NC(=O)c1ccccc1. The highest BCUT2D eigenvalue weighted by Crippen LogP contribution is 2.23. The Balaban J connectivity index is 1.47. The normalized spacial score (nSPS) is 10.9. The van der Waals surface area contributed by atoms with Crippen LogP contribution in [0.3, 0.4) is 0 Å². The van der Waals surface area contributed by atoms with E-state index in [1.807, 2.05) is 66.7 Å². The fraction of sp³-hybridized carbons (Fsp3) is 0.0333. The van der Waals surface area contributed by atoms with E-state index in [0.717, 1.165) is 10.5 Å². The number of carbonyl (C=O) groups is 3. The Morgan fingerprint density at radius 3 is 1.97 bits per heavy atom. The monoisotopic (exact) mass is 492 g/mol. The fourth-order valence-electron chi connectivity index (χ4n) is 3.38. The van der Waals surface area contributed by atoms with Crippen molar-refractivity contribution < 1.29 is 14.4 Å². The summed E-state index contributed by atoms with van der Waals surface area (Å²) in [5.41, 5.74) is 2.57. The second-order valence-electron chi connectivity index (χ2n) is 7.85. The van der Waals surface area contributed by atoms with Crippen LogP contribution >= 0.6 is 11.8 Å². The molecule has 0 aliphatic heterocycles. The number of carbonyl (C=O) groups excluding carboxylic acids is 3. The molecule has 4 rings (SSSR count). The van der Waals surface area contributed by atoms with Crippen molar-refractivity contribution in [2.75, 3.05) is 11.1 Å². The van der Waals surface area contributed by atoms with Gasteiger partial charge in [-0.05, 0) is 42.0 Å². The van der Waals surface area contributed by atoms with E-state index in [0.29, 0.717) is 16.8 Å². The number of ketones is 1. The van der Waals surface area contributed by atoms with E-state index in [1.54, 1.807) is 54.6 Å². The maximum Gasteiger partial charge on any atom is 0.272 e. The molecule has 2 N–H and O–H groups in total. The third-order valence-corrected chi connectivity index (χ3v) is 6.19. The average Bonchev–Trinajstić information content (AvgIpc) is 2.93. The zero-order valence-electron chi connectivity index (χ0n) is 19.4. The van der Waals surface area contributed by atoms with Gasteiger partial charge in [-0.15, -0.1) is 11.8 Å². The van der Waals surface area contributed by atoms with Gasteiger partial charge in [0.2, 0.25) is 0 Å². The number of benzene rings is 4. The van der Waals surface area contributed by atoms with Crippen LogP contribution < -0.4 is 10.6 Å². The Bertz CT molecular complexity index is 1370. The number of hydrogen-bond donors (Lipinski definition) is 2. The standard InChI is InChI=1S/C30H24N2O3S/c33-28(23-13-6-2-7-14-23)21-36-26-18-10-17-25(20-26)31-30(35)27(19-22-11-4-1-5-12-22)32-29(34)24-15-8-3-9-16-24/h1-20H,21H2,(H,31,35)(H,32,34)/b27-19-. The maximum atomic E-state index is 13.2. The van der Waals surface area contributed by atoms with Crippen molar-refractivity contribution in [2.45, 2.75) is 4.90 Å². The number of hydrogen-bond acceptors (Lipinski definition) is 4. The van der Waals surface area contributed by atoms with E-state index in [1.165, 1.54) is 11.8 Å².